The molecule has 1 atom stereocenters. The number of ether oxygens (including phenoxy) is 1. The lowest BCUT2D eigenvalue weighted by Crippen LogP contribution is -2.50. The molecule has 4 aromatic carbocycles. The Bertz CT molecular complexity index is 2860. The van der Waals surface area contributed by atoms with Crippen LogP contribution in [0.3, 0.4) is 0 Å². The van der Waals surface area contributed by atoms with Crippen LogP contribution in [0.1, 0.15) is 53.1 Å². The summed E-state index contributed by atoms with van der Waals surface area (Å²) >= 11 is 0. The van der Waals surface area contributed by atoms with Gasteiger partial charge in [-0.3, -0.25) is 38.5 Å². The first-order valence-electron chi connectivity index (χ1n) is 23.5. The number of aromatic nitrogens is 1. The van der Waals surface area contributed by atoms with Crippen molar-refractivity contribution in [2.45, 2.75) is 39.2 Å². The van der Waals surface area contributed by atoms with E-state index >= 15 is 0 Å². The molecule has 1 aromatic heterocycles. The van der Waals surface area contributed by atoms with Crippen LogP contribution in [-0.4, -0.2) is 133 Å². The monoisotopic (exact) mass is 950 g/mol. The predicted molar refractivity (Wildman–Crippen MR) is 267 cm³/mol. The van der Waals surface area contributed by atoms with Crippen molar-refractivity contribution in [1.82, 2.24) is 35.6 Å². The Labute approximate surface area is 405 Å². The molecule has 4 heterocycles. The SMILES string of the molecule is C=C(Oc1cc2c(c3ccccc13)CCN2C(=O)c1cc2cc(NC(=O)c3ccc(NC(=O)CNC(=O)C(NCCNC(=O)CCCN4C(=O)C=CC4=O)C(C)C)cc3)ccc2[nH]1)N1CCN(C)CC1. The van der Waals surface area contributed by atoms with E-state index in [9.17, 15) is 33.6 Å². The van der Waals surface area contributed by atoms with E-state index in [-0.39, 0.29) is 67.4 Å². The first kappa shape index (κ1) is 48.6. The second-order valence-electron chi connectivity index (χ2n) is 18.0. The van der Waals surface area contributed by atoms with Crippen molar-refractivity contribution in [3.63, 3.8) is 0 Å². The molecule has 0 saturated carbocycles. The summed E-state index contributed by atoms with van der Waals surface area (Å²) in [5, 5.41) is 16.9. The van der Waals surface area contributed by atoms with Crippen LogP contribution in [0.5, 0.6) is 5.75 Å². The Balaban J connectivity index is 0.803. The number of aromatic amines is 1. The van der Waals surface area contributed by atoms with E-state index < -0.39 is 11.9 Å². The number of anilines is 3. The fourth-order valence-corrected chi connectivity index (χ4v) is 8.84. The van der Waals surface area contributed by atoms with Crippen LogP contribution in [0.15, 0.2) is 103 Å². The molecule has 5 aromatic rings. The summed E-state index contributed by atoms with van der Waals surface area (Å²) in [4.78, 5) is 99.4. The second-order valence-corrected chi connectivity index (χ2v) is 18.0. The molecule has 3 aliphatic heterocycles. The number of fused-ring (bicyclic) bond motifs is 4. The topological polar surface area (TPSA) is 218 Å². The van der Waals surface area contributed by atoms with Crippen LogP contribution in [0.2, 0.25) is 0 Å². The van der Waals surface area contributed by atoms with E-state index in [1.165, 1.54) is 12.2 Å². The summed E-state index contributed by atoms with van der Waals surface area (Å²) in [6.45, 7) is 12.4. The average Bonchev–Trinajstić information content (AvgIpc) is 4.07. The zero-order chi connectivity index (χ0) is 49.5. The van der Waals surface area contributed by atoms with Crippen molar-refractivity contribution in [1.29, 1.82) is 0 Å². The summed E-state index contributed by atoms with van der Waals surface area (Å²) in [5.74, 6) is -1.30. The van der Waals surface area contributed by atoms with Crippen molar-refractivity contribution in [2.24, 2.45) is 5.92 Å². The lowest BCUT2D eigenvalue weighted by atomic mass is 10.0. The standard InChI is InChI=1S/C52H58N10O8/c1-32(2)49(54-21-20-53-45(63)10-7-22-62-47(65)17-18-48(62)66)51(68)55-31-46(64)56-36-13-11-34(12-14-36)50(67)57-37-15-16-41-35(28-37)29-42(58-41)52(69)61-23-19-39-38-8-5-6-9-40(38)44(30-43(39)61)70-33(3)60-26-24-59(4)25-27-60/h5-6,8-9,11-18,28-30,32,49,54,58H,3,7,10,19-27,31H2,1-2,4H3,(H,53,63)(H,55,68)(H,56,64)(H,57,67). The molecule has 70 heavy (non-hydrogen) atoms. The minimum atomic E-state index is -0.631. The van der Waals surface area contributed by atoms with E-state index in [2.05, 4.69) is 61.1 Å². The van der Waals surface area contributed by atoms with Gasteiger partial charge in [0, 0.05) is 110 Å². The van der Waals surface area contributed by atoms with Gasteiger partial charge in [0.05, 0.1) is 18.3 Å². The molecular formula is C52H58N10O8. The van der Waals surface area contributed by atoms with Crippen LogP contribution in [0.25, 0.3) is 21.7 Å². The number of nitrogens with zero attached hydrogens (tertiary/aromatic N) is 4. The molecule has 3 aliphatic rings. The van der Waals surface area contributed by atoms with E-state index in [4.69, 9.17) is 4.74 Å². The van der Waals surface area contributed by atoms with Gasteiger partial charge in [0.1, 0.15) is 11.4 Å². The number of rotatable bonds is 19. The van der Waals surface area contributed by atoms with Gasteiger partial charge in [0.2, 0.25) is 17.7 Å². The number of benzene rings is 4. The number of nitrogens with one attached hydrogen (secondary N) is 6. The van der Waals surface area contributed by atoms with Crippen LogP contribution in [0, 0.1) is 5.92 Å². The van der Waals surface area contributed by atoms with Gasteiger partial charge in [-0.05, 0) is 91.9 Å². The van der Waals surface area contributed by atoms with Crippen LogP contribution >= 0.6 is 0 Å². The lowest BCUT2D eigenvalue weighted by molar-refractivity contribution is -0.137. The summed E-state index contributed by atoms with van der Waals surface area (Å²) in [6.07, 6.45) is 3.57. The molecule has 1 unspecified atom stereocenters. The Morgan fingerprint density at radius 3 is 2.23 bits per heavy atom. The third kappa shape index (κ3) is 11.4. The maximum atomic E-state index is 14.2. The quantitative estimate of drug-likeness (QED) is 0.0388. The third-order valence-electron chi connectivity index (χ3n) is 12.7. The zero-order valence-electron chi connectivity index (χ0n) is 39.6. The summed E-state index contributed by atoms with van der Waals surface area (Å²) in [6, 6.07) is 22.9. The number of hydrogen-bond donors (Lipinski definition) is 6. The first-order valence-corrected chi connectivity index (χ1v) is 23.5. The van der Waals surface area contributed by atoms with Crippen molar-refractivity contribution in [2.75, 3.05) is 81.5 Å². The molecule has 1 saturated heterocycles. The van der Waals surface area contributed by atoms with E-state index in [0.29, 0.717) is 60.2 Å². The van der Waals surface area contributed by atoms with Crippen molar-refractivity contribution in [3.05, 3.63) is 120 Å². The molecule has 18 heteroatoms. The largest absolute Gasteiger partial charge is 0.441 e. The number of amides is 7. The second kappa shape index (κ2) is 21.6. The maximum absolute atomic E-state index is 14.2. The number of carbonyl (C=O) groups is 7. The van der Waals surface area contributed by atoms with Crippen molar-refractivity contribution in [3.8, 4) is 5.75 Å². The minimum absolute atomic E-state index is 0.122. The molecule has 0 bridgehead atoms. The Morgan fingerprint density at radius 1 is 0.786 bits per heavy atom. The molecule has 0 aliphatic carbocycles. The number of carbonyl (C=O) groups excluding carboxylic acids is 7. The van der Waals surface area contributed by atoms with Crippen LogP contribution in [-0.2, 0) is 30.4 Å². The number of hydrogen-bond acceptors (Lipinski definition) is 11. The van der Waals surface area contributed by atoms with E-state index in [1.807, 2.05) is 44.2 Å². The summed E-state index contributed by atoms with van der Waals surface area (Å²) in [7, 11) is 2.10. The van der Waals surface area contributed by atoms with Gasteiger partial charge in [-0.2, -0.15) is 0 Å². The zero-order valence-corrected chi connectivity index (χ0v) is 39.6. The summed E-state index contributed by atoms with van der Waals surface area (Å²) in [5.41, 5.74) is 4.35. The van der Waals surface area contributed by atoms with Crippen molar-refractivity contribution < 1.29 is 38.3 Å². The molecule has 18 nitrogen and oxygen atoms in total. The first-order chi connectivity index (χ1) is 33.7. The normalized spacial score (nSPS) is 15.1. The van der Waals surface area contributed by atoms with Gasteiger partial charge in [-0.15, -0.1) is 0 Å². The predicted octanol–water partition coefficient (Wildman–Crippen LogP) is 4.36. The number of imide groups is 1. The van der Waals surface area contributed by atoms with E-state index in [0.717, 1.165) is 64.0 Å². The smallest absolute Gasteiger partial charge is 0.274 e. The average molecular weight is 951 g/mol. The molecule has 8 rings (SSSR count). The van der Waals surface area contributed by atoms with Gasteiger partial charge in [-0.1, -0.05) is 38.1 Å². The fourth-order valence-electron chi connectivity index (χ4n) is 8.84. The molecule has 0 radical (unpaired) electrons. The molecule has 6 N–H and O–H groups in total. The Morgan fingerprint density at radius 2 is 1.50 bits per heavy atom. The Hall–Kier alpha value is -7.83. The highest BCUT2D eigenvalue weighted by Gasteiger charge is 2.31. The van der Waals surface area contributed by atoms with Gasteiger partial charge < -0.3 is 51.0 Å². The molecule has 364 valence electrons. The third-order valence-corrected chi connectivity index (χ3v) is 12.7. The van der Waals surface area contributed by atoms with Gasteiger partial charge in [0.25, 0.3) is 23.6 Å². The van der Waals surface area contributed by atoms with Gasteiger partial charge in [0.15, 0.2) is 5.88 Å². The minimum Gasteiger partial charge on any atom is -0.441 e. The van der Waals surface area contributed by atoms with Gasteiger partial charge >= 0.3 is 0 Å². The molecule has 1 fully saturated rings. The fraction of sp³-hybridized carbons (Fsp3) is 0.327. The molecule has 0 spiro atoms. The highest BCUT2D eigenvalue weighted by Crippen LogP contribution is 2.41. The van der Waals surface area contributed by atoms with Crippen LogP contribution < -0.4 is 36.2 Å². The highest BCUT2D eigenvalue weighted by molar-refractivity contribution is 6.13. The molecule has 7 amide bonds. The number of piperazine rings is 1. The van der Waals surface area contributed by atoms with Gasteiger partial charge in [-0.25, -0.2) is 0 Å². The number of likely N-dealkylation sites (N-methyl/N-ethyl adjacent to an activating group) is 1. The lowest BCUT2D eigenvalue weighted by Gasteiger charge is -2.34. The number of H-pyrrole nitrogens is 1. The van der Waals surface area contributed by atoms with E-state index in [1.54, 1.807) is 47.4 Å². The highest BCUT2D eigenvalue weighted by atomic mass is 16.5. The van der Waals surface area contributed by atoms with Crippen LogP contribution in [0.4, 0.5) is 17.1 Å². The maximum Gasteiger partial charge on any atom is 0.274 e. The van der Waals surface area contributed by atoms with Crippen molar-refractivity contribution >= 4 is 80.1 Å². The summed E-state index contributed by atoms with van der Waals surface area (Å²) < 4.78 is 6.45. The molecular weight excluding hydrogens is 893 g/mol. The Kier molecular flexibility index (Phi) is 15.0.